The number of hydrogen-bond donors (Lipinski definition) is 3. The van der Waals surface area contributed by atoms with Crippen molar-refractivity contribution in [2.75, 3.05) is 5.32 Å². The molecule has 3 atom stereocenters. The van der Waals surface area contributed by atoms with Crippen molar-refractivity contribution in [3.63, 3.8) is 0 Å². The Morgan fingerprint density at radius 3 is 2.45 bits per heavy atom. The molecule has 260 valence electrons. The first-order valence-electron chi connectivity index (χ1n) is 19.2. The predicted molar refractivity (Wildman–Crippen MR) is 223 cm³/mol. The van der Waals surface area contributed by atoms with E-state index in [2.05, 4.69) is 185 Å². The van der Waals surface area contributed by atoms with E-state index in [4.69, 9.17) is 0 Å². The van der Waals surface area contributed by atoms with Gasteiger partial charge in [-0.3, -0.25) is 5.32 Å². The van der Waals surface area contributed by atoms with E-state index in [9.17, 15) is 0 Å². The summed E-state index contributed by atoms with van der Waals surface area (Å²) in [5.41, 5.74) is 15.1. The molecule has 4 aliphatic rings. The first-order valence-corrected chi connectivity index (χ1v) is 19.2. The van der Waals surface area contributed by atoms with Crippen LogP contribution in [0, 0.1) is 0 Å². The first-order chi connectivity index (χ1) is 26.1. The lowest BCUT2D eigenvalue weighted by molar-refractivity contribution is 0.240. The number of rotatable bonds is 6. The van der Waals surface area contributed by atoms with Gasteiger partial charge in [-0.15, -0.1) is 0 Å². The van der Waals surface area contributed by atoms with E-state index in [1.165, 1.54) is 77.8 Å². The number of allylic oxidation sites excluding steroid dienone is 5. The van der Waals surface area contributed by atoms with Crippen LogP contribution in [0.15, 0.2) is 157 Å². The number of para-hydroxylation sites is 2. The van der Waals surface area contributed by atoms with Crippen molar-refractivity contribution in [1.82, 2.24) is 15.2 Å². The molecule has 53 heavy (non-hydrogen) atoms. The third kappa shape index (κ3) is 5.57. The molecule has 0 radical (unpaired) electrons. The maximum atomic E-state index is 4.16. The second kappa shape index (κ2) is 13.0. The fraction of sp³-hybridized carbons (Fsp3) is 0.184. The normalized spacial score (nSPS) is 21.8. The van der Waals surface area contributed by atoms with Gasteiger partial charge in [0, 0.05) is 39.0 Å². The summed E-state index contributed by atoms with van der Waals surface area (Å²) < 4.78 is 2.56. The van der Waals surface area contributed by atoms with Gasteiger partial charge in [0.1, 0.15) is 6.17 Å². The molecule has 5 aromatic carbocycles. The SMILES string of the molecule is C[C@@]12CC=C(c3cccc(-c4ccccc4)c3)NC1C=CC(n1c3ccccc3c3c4c(c(-c5ccccc5NC5=CC=CCC5)cc31)CCC=C4)N2. The van der Waals surface area contributed by atoms with Crippen LogP contribution in [0.5, 0.6) is 0 Å². The molecule has 0 saturated carbocycles. The Morgan fingerprint density at radius 2 is 1.55 bits per heavy atom. The van der Waals surface area contributed by atoms with E-state index in [1.54, 1.807) is 0 Å². The second-order valence-electron chi connectivity index (χ2n) is 15.2. The van der Waals surface area contributed by atoms with Crippen molar-refractivity contribution in [2.45, 2.75) is 56.8 Å². The highest BCUT2D eigenvalue weighted by Crippen LogP contribution is 2.45. The Morgan fingerprint density at radius 1 is 0.736 bits per heavy atom. The summed E-state index contributed by atoms with van der Waals surface area (Å²) in [5, 5.41) is 14.6. The van der Waals surface area contributed by atoms with E-state index >= 15 is 0 Å². The van der Waals surface area contributed by atoms with Gasteiger partial charge in [0.05, 0.1) is 17.1 Å². The summed E-state index contributed by atoms with van der Waals surface area (Å²) in [5.74, 6) is 0. The number of fused-ring (bicyclic) bond motifs is 6. The molecular formula is C49H44N4. The molecule has 1 aromatic heterocycles. The van der Waals surface area contributed by atoms with Gasteiger partial charge in [-0.05, 0) is 109 Å². The summed E-state index contributed by atoms with van der Waals surface area (Å²) in [6.45, 7) is 2.37. The van der Waals surface area contributed by atoms with Crippen LogP contribution in [0.25, 0.3) is 55.8 Å². The molecule has 0 saturated heterocycles. The lowest BCUT2D eigenvalue weighted by atomic mass is 9.81. The molecule has 2 unspecified atom stereocenters. The van der Waals surface area contributed by atoms with Crippen LogP contribution in [0.3, 0.4) is 0 Å². The van der Waals surface area contributed by atoms with Crippen molar-refractivity contribution in [3.8, 4) is 22.3 Å². The van der Waals surface area contributed by atoms with E-state index in [-0.39, 0.29) is 17.7 Å². The highest BCUT2D eigenvalue weighted by molar-refractivity contribution is 6.14. The van der Waals surface area contributed by atoms with Crippen LogP contribution in [-0.4, -0.2) is 16.1 Å². The summed E-state index contributed by atoms with van der Waals surface area (Å²) in [6, 6.07) is 40.0. The average molecular weight is 689 g/mol. The number of anilines is 1. The zero-order chi connectivity index (χ0) is 35.4. The lowest BCUT2D eigenvalue weighted by Gasteiger charge is -2.46. The molecular weight excluding hydrogens is 645 g/mol. The summed E-state index contributed by atoms with van der Waals surface area (Å²) in [4.78, 5) is 0. The minimum atomic E-state index is -0.173. The molecule has 0 spiro atoms. The molecule has 2 aliphatic carbocycles. The van der Waals surface area contributed by atoms with Gasteiger partial charge in [0.2, 0.25) is 0 Å². The number of hydrogen-bond acceptors (Lipinski definition) is 3. The second-order valence-corrected chi connectivity index (χ2v) is 15.2. The van der Waals surface area contributed by atoms with E-state index < -0.39 is 0 Å². The van der Waals surface area contributed by atoms with Crippen LogP contribution in [0.2, 0.25) is 0 Å². The zero-order valence-corrected chi connectivity index (χ0v) is 30.1. The van der Waals surface area contributed by atoms with Gasteiger partial charge in [-0.25, -0.2) is 0 Å². The third-order valence-electron chi connectivity index (χ3n) is 11.8. The molecule has 2 aliphatic heterocycles. The van der Waals surface area contributed by atoms with E-state index in [0.717, 1.165) is 32.1 Å². The average Bonchev–Trinajstić information content (AvgIpc) is 3.55. The molecule has 10 rings (SSSR count). The minimum absolute atomic E-state index is 0.0113. The standard InChI is InChI=1S/C49H44N4/c1-49-30-29-42(35-18-14-17-34(31-35)33-15-4-2-5-16-33)51-46(49)27-28-47(52-49)53-44-26-13-11-24-40(44)48-39-23-9-8-21-37(39)41(32-45(48)53)38-22-10-12-25-43(38)50-36-19-6-3-7-20-36/h2-6,9-19,22-29,31-32,46-47,50-52H,7-8,20-21,30H2,1H3/t46?,47?,49-/m1/s1. The fourth-order valence-corrected chi connectivity index (χ4v) is 9.04. The Balaban J connectivity index is 1.06. The molecule has 0 fully saturated rings. The maximum Gasteiger partial charge on any atom is 0.104 e. The number of nitrogens with zero attached hydrogens (tertiary/aromatic N) is 1. The maximum absolute atomic E-state index is 4.16. The Hall–Kier alpha value is -5.84. The van der Waals surface area contributed by atoms with Gasteiger partial charge in [-0.1, -0.05) is 121 Å². The van der Waals surface area contributed by atoms with Crippen LogP contribution in [0.4, 0.5) is 5.69 Å². The van der Waals surface area contributed by atoms with Crippen molar-refractivity contribution < 1.29 is 0 Å². The van der Waals surface area contributed by atoms with Crippen molar-refractivity contribution in [3.05, 3.63) is 174 Å². The zero-order valence-electron chi connectivity index (χ0n) is 30.1. The summed E-state index contributed by atoms with van der Waals surface area (Å²) in [6.07, 6.45) is 23.6. The van der Waals surface area contributed by atoms with Gasteiger partial charge < -0.3 is 15.2 Å². The third-order valence-corrected chi connectivity index (χ3v) is 11.8. The van der Waals surface area contributed by atoms with Crippen LogP contribution >= 0.6 is 0 Å². The predicted octanol–water partition coefficient (Wildman–Crippen LogP) is 11.6. The monoisotopic (exact) mass is 688 g/mol. The molecule has 0 bridgehead atoms. The van der Waals surface area contributed by atoms with E-state index in [0.29, 0.717) is 0 Å². The molecule has 4 heteroatoms. The molecule has 3 heterocycles. The number of aromatic nitrogens is 1. The minimum Gasteiger partial charge on any atom is -0.377 e. The highest BCUT2D eigenvalue weighted by Gasteiger charge is 2.40. The van der Waals surface area contributed by atoms with Crippen LogP contribution in [-0.2, 0) is 6.42 Å². The number of benzene rings is 5. The summed E-state index contributed by atoms with van der Waals surface area (Å²) in [7, 11) is 0. The fourth-order valence-electron chi connectivity index (χ4n) is 9.04. The Kier molecular flexibility index (Phi) is 7.80. The Bertz CT molecular complexity index is 2540. The molecule has 3 N–H and O–H groups in total. The van der Waals surface area contributed by atoms with Crippen molar-refractivity contribution in [2.24, 2.45) is 0 Å². The Labute approximate surface area is 311 Å². The topological polar surface area (TPSA) is 41.0 Å². The first kappa shape index (κ1) is 31.9. The van der Waals surface area contributed by atoms with Crippen molar-refractivity contribution >= 4 is 39.3 Å². The van der Waals surface area contributed by atoms with Gasteiger partial charge in [0.25, 0.3) is 0 Å². The van der Waals surface area contributed by atoms with Gasteiger partial charge in [-0.2, -0.15) is 0 Å². The van der Waals surface area contributed by atoms with Crippen LogP contribution < -0.4 is 16.0 Å². The lowest BCUT2D eigenvalue weighted by Crippen LogP contribution is -2.61. The highest BCUT2D eigenvalue weighted by atomic mass is 15.2. The largest absolute Gasteiger partial charge is 0.377 e. The molecule has 4 nitrogen and oxygen atoms in total. The van der Waals surface area contributed by atoms with Gasteiger partial charge >= 0.3 is 0 Å². The summed E-state index contributed by atoms with van der Waals surface area (Å²) >= 11 is 0. The van der Waals surface area contributed by atoms with Crippen LogP contribution in [0.1, 0.15) is 55.5 Å². The number of nitrogens with one attached hydrogen (secondary N) is 3. The smallest absolute Gasteiger partial charge is 0.104 e. The van der Waals surface area contributed by atoms with Crippen molar-refractivity contribution in [1.29, 1.82) is 0 Å². The molecule has 6 aromatic rings. The van der Waals surface area contributed by atoms with Gasteiger partial charge in [0.15, 0.2) is 0 Å². The molecule has 0 amide bonds. The quantitative estimate of drug-likeness (QED) is 0.153. The van der Waals surface area contributed by atoms with E-state index in [1.807, 2.05) is 0 Å².